The Bertz CT molecular complexity index is 944. The van der Waals surface area contributed by atoms with E-state index in [1.54, 1.807) is 13.1 Å². The third-order valence-electron chi connectivity index (χ3n) is 3.98. The summed E-state index contributed by atoms with van der Waals surface area (Å²) in [4.78, 5) is 16.4. The number of ether oxygens (including phenoxy) is 1. The highest BCUT2D eigenvalue weighted by molar-refractivity contribution is 6.23. The number of hydrogen-bond donors (Lipinski definition) is 0. The van der Waals surface area contributed by atoms with Crippen LogP contribution in [0, 0.1) is 0 Å². The summed E-state index contributed by atoms with van der Waals surface area (Å²) < 4.78 is 5.91. The lowest BCUT2D eigenvalue weighted by molar-refractivity contribution is -0.111. The molecule has 0 fully saturated rings. The van der Waals surface area contributed by atoms with Crippen molar-refractivity contribution in [2.45, 2.75) is 6.92 Å². The van der Waals surface area contributed by atoms with Crippen molar-refractivity contribution in [2.75, 3.05) is 6.61 Å². The highest BCUT2D eigenvalue weighted by atomic mass is 16.5. The van der Waals surface area contributed by atoms with E-state index in [0.717, 1.165) is 16.9 Å². The van der Waals surface area contributed by atoms with Gasteiger partial charge in [0.2, 0.25) is 0 Å². The van der Waals surface area contributed by atoms with Crippen LogP contribution in [0.15, 0.2) is 85.1 Å². The Hall–Kier alpha value is -3.46. The first-order chi connectivity index (χ1) is 13.2. The number of pyridine rings is 1. The summed E-state index contributed by atoms with van der Waals surface area (Å²) in [6.07, 6.45) is 7.51. The van der Waals surface area contributed by atoms with Gasteiger partial charge in [-0.25, -0.2) is 0 Å². The number of Topliss-reactive ketones (excluding diaryl/α,β-unsaturated/α-hetero) is 1. The summed E-state index contributed by atoms with van der Waals surface area (Å²) in [6.45, 7) is 1.99. The lowest BCUT2D eigenvalue weighted by atomic mass is 10.0. The second kappa shape index (κ2) is 9.30. The zero-order valence-corrected chi connectivity index (χ0v) is 15.2. The molecule has 0 aliphatic heterocycles. The van der Waals surface area contributed by atoms with Crippen LogP contribution < -0.4 is 4.74 Å². The van der Waals surface area contributed by atoms with Crippen molar-refractivity contribution < 1.29 is 9.53 Å². The molecule has 0 atom stereocenters. The van der Waals surface area contributed by atoms with E-state index >= 15 is 0 Å². The van der Waals surface area contributed by atoms with Gasteiger partial charge < -0.3 is 4.74 Å². The first-order valence-corrected chi connectivity index (χ1v) is 8.81. The van der Waals surface area contributed by atoms with Crippen LogP contribution in [-0.2, 0) is 4.79 Å². The lowest BCUT2D eigenvalue weighted by Crippen LogP contribution is -2.00. The molecule has 0 aliphatic carbocycles. The molecule has 0 amide bonds. The molecule has 0 N–H and O–H groups in total. The molecule has 2 aromatic carbocycles. The van der Waals surface area contributed by atoms with Crippen LogP contribution in [0.25, 0.3) is 17.7 Å². The number of ketones is 1. The van der Waals surface area contributed by atoms with Crippen LogP contribution in [0.1, 0.15) is 23.7 Å². The fourth-order valence-electron chi connectivity index (χ4n) is 2.65. The van der Waals surface area contributed by atoms with E-state index in [2.05, 4.69) is 4.98 Å². The molecule has 0 saturated heterocycles. The second-order valence-corrected chi connectivity index (χ2v) is 5.99. The molecule has 0 spiro atoms. The molecule has 0 aliphatic rings. The molecule has 0 bridgehead atoms. The van der Waals surface area contributed by atoms with Crippen LogP contribution in [0.3, 0.4) is 0 Å². The van der Waals surface area contributed by atoms with Gasteiger partial charge in [0.05, 0.1) is 5.69 Å². The molecule has 0 unspecified atom stereocenters. The summed E-state index contributed by atoms with van der Waals surface area (Å²) in [5, 5.41) is 0. The Morgan fingerprint density at radius 1 is 0.963 bits per heavy atom. The average molecular weight is 355 g/mol. The standard InChI is InChI=1S/C24H21NO2/c1-19(26)22(23-14-7-8-16-25-23)18-21-13-5-6-15-24(21)27-17-9-12-20-10-3-2-4-11-20/h2-16,18H,17H2,1H3/b12-9+,22-18-. The smallest absolute Gasteiger partial charge is 0.161 e. The van der Waals surface area contributed by atoms with Gasteiger partial charge in [0.1, 0.15) is 12.4 Å². The van der Waals surface area contributed by atoms with E-state index < -0.39 is 0 Å². The van der Waals surface area contributed by atoms with E-state index in [9.17, 15) is 4.79 Å². The van der Waals surface area contributed by atoms with Crippen LogP contribution in [-0.4, -0.2) is 17.4 Å². The third-order valence-corrected chi connectivity index (χ3v) is 3.98. The maximum atomic E-state index is 12.1. The van der Waals surface area contributed by atoms with E-state index in [1.807, 2.05) is 91.0 Å². The second-order valence-electron chi connectivity index (χ2n) is 5.99. The highest BCUT2D eigenvalue weighted by Gasteiger charge is 2.10. The SMILES string of the molecule is CC(=O)/C(=C/c1ccccc1OC/C=C/c1ccccc1)c1ccccn1. The number of carbonyl (C=O) groups excluding carboxylic acids is 1. The van der Waals surface area contributed by atoms with Crippen molar-refractivity contribution in [1.82, 2.24) is 4.98 Å². The van der Waals surface area contributed by atoms with Gasteiger partial charge in [-0.1, -0.05) is 60.7 Å². The fraction of sp³-hybridized carbons (Fsp3) is 0.0833. The van der Waals surface area contributed by atoms with E-state index in [1.165, 1.54) is 0 Å². The van der Waals surface area contributed by atoms with Crippen molar-refractivity contribution in [1.29, 1.82) is 0 Å². The first kappa shape index (κ1) is 18.3. The number of aromatic nitrogens is 1. The molecule has 3 heteroatoms. The number of hydrogen-bond acceptors (Lipinski definition) is 3. The van der Waals surface area contributed by atoms with Gasteiger partial charge >= 0.3 is 0 Å². The number of nitrogens with zero attached hydrogens (tertiary/aromatic N) is 1. The van der Waals surface area contributed by atoms with Gasteiger partial charge in [0, 0.05) is 17.3 Å². The fourth-order valence-corrected chi connectivity index (χ4v) is 2.65. The predicted octanol–water partition coefficient (Wildman–Crippen LogP) is 5.30. The van der Waals surface area contributed by atoms with Crippen molar-refractivity contribution >= 4 is 23.5 Å². The number of para-hydroxylation sites is 1. The van der Waals surface area contributed by atoms with E-state index in [0.29, 0.717) is 17.9 Å². The monoisotopic (exact) mass is 355 g/mol. The van der Waals surface area contributed by atoms with Crippen LogP contribution in [0.5, 0.6) is 5.75 Å². The molecule has 0 radical (unpaired) electrons. The van der Waals surface area contributed by atoms with E-state index in [-0.39, 0.29) is 5.78 Å². The number of rotatable bonds is 7. The minimum Gasteiger partial charge on any atom is -0.489 e. The van der Waals surface area contributed by atoms with Crippen molar-refractivity contribution in [2.24, 2.45) is 0 Å². The predicted molar refractivity (Wildman–Crippen MR) is 110 cm³/mol. The number of benzene rings is 2. The van der Waals surface area contributed by atoms with Crippen LogP contribution in [0.4, 0.5) is 0 Å². The quantitative estimate of drug-likeness (QED) is 0.540. The molecular weight excluding hydrogens is 334 g/mol. The minimum absolute atomic E-state index is 0.0347. The third kappa shape index (κ3) is 5.25. The summed E-state index contributed by atoms with van der Waals surface area (Å²) in [7, 11) is 0. The average Bonchev–Trinajstić information content (AvgIpc) is 2.71. The summed E-state index contributed by atoms with van der Waals surface area (Å²) in [6, 6.07) is 23.3. The Morgan fingerprint density at radius 2 is 1.70 bits per heavy atom. The summed E-state index contributed by atoms with van der Waals surface area (Å²) >= 11 is 0. The first-order valence-electron chi connectivity index (χ1n) is 8.81. The summed E-state index contributed by atoms with van der Waals surface area (Å²) in [5.74, 6) is 0.692. The molecule has 3 rings (SSSR count). The molecule has 1 aromatic heterocycles. The largest absolute Gasteiger partial charge is 0.489 e. The van der Waals surface area contributed by atoms with E-state index in [4.69, 9.17) is 4.74 Å². The highest BCUT2D eigenvalue weighted by Crippen LogP contribution is 2.24. The maximum Gasteiger partial charge on any atom is 0.161 e. The number of carbonyl (C=O) groups is 1. The van der Waals surface area contributed by atoms with Crippen molar-refractivity contribution in [3.63, 3.8) is 0 Å². The molecule has 3 nitrogen and oxygen atoms in total. The molecule has 134 valence electrons. The zero-order valence-electron chi connectivity index (χ0n) is 15.2. The Balaban J connectivity index is 1.79. The van der Waals surface area contributed by atoms with Gasteiger partial charge in [-0.2, -0.15) is 0 Å². The Kier molecular flexibility index (Phi) is 6.31. The topological polar surface area (TPSA) is 39.2 Å². The van der Waals surface area contributed by atoms with Crippen LogP contribution in [0.2, 0.25) is 0 Å². The van der Waals surface area contributed by atoms with Crippen molar-refractivity contribution in [3.05, 3.63) is 102 Å². The molecule has 1 heterocycles. The molecular formula is C24H21NO2. The minimum atomic E-state index is -0.0347. The zero-order chi connectivity index (χ0) is 18.9. The molecule has 27 heavy (non-hydrogen) atoms. The lowest BCUT2D eigenvalue weighted by Gasteiger charge is -2.09. The molecule has 3 aromatic rings. The van der Waals surface area contributed by atoms with Crippen LogP contribution >= 0.6 is 0 Å². The summed E-state index contributed by atoms with van der Waals surface area (Å²) in [5.41, 5.74) is 3.19. The maximum absolute atomic E-state index is 12.1. The van der Waals surface area contributed by atoms with Crippen molar-refractivity contribution in [3.8, 4) is 5.75 Å². The van der Waals surface area contributed by atoms with Gasteiger partial charge in [-0.3, -0.25) is 9.78 Å². The number of allylic oxidation sites excluding steroid dienone is 1. The van der Waals surface area contributed by atoms with Gasteiger partial charge in [0.15, 0.2) is 5.78 Å². The van der Waals surface area contributed by atoms with Gasteiger partial charge in [0.25, 0.3) is 0 Å². The Morgan fingerprint density at radius 3 is 2.44 bits per heavy atom. The van der Waals surface area contributed by atoms with Gasteiger partial charge in [-0.05, 0) is 42.8 Å². The Labute approximate surface area is 159 Å². The van der Waals surface area contributed by atoms with Gasteiger partial charge in [-0.15, -0.1) is 0 Å². The normalized spacial score (nSPS) is 11.5. The molecule has 0 saturated carbocycles.